The lowest BCUT2D eigenvalue weighted by molar-refractivity contribution is 0.114. The van der Waals surface area contributed by atoms with Gasteiger partial charge in [-0.2, -0.15) is 0 Å². The van der Waals surface area contributed by atoms with Gasteiger partial charge in [-0.25, -0.2) is 0 Å². The molecule has 2 unspecified atom stereocenters. The summed E-state index contributed by atoms with van der Waals surface area (Å²) >= 11 is 0. The fourth-order valence-electron chi connectivity index (χ4n) is 2.03. The minimum absolute atomic E-state index is 0.309. The van der Waals surface area contributed by atoms with Crippen molar-refractivity contribution in [2.24, 2.45) is 16.6 Å². The molecule has 0 saturated carbocycles. The number of hydrogen-bond donors (Lipinski definition) is 2. The summed E-state index contributed by atoms with van der Waals surface area (Å²) in [5.74, 6) is 1.07. The summed E-state index contributed by atoms with van der Waals surface area (Å²) < 4.78 is 10.8. The SMILES string of the molecule is NC(=NCC1CCOC1)NCC1CCCO1. The van der Waals surface area contributed by atoms with Crippen LogP contribution >= 0.6 is 0 Å². The minimum Gasteiger partial charge on any atom is -0.381 e. The molecule has 5 heteroatoms. The molecule has 0 spiro atoms. The Labute approximate surface area is 96.4 Å². The molecular formula is C11H21N3O2. The molecule has 2 aliphatic heterocycles. The van der Waals surface area contributed by atoms with Gasteiger partial charge in [0.25, 0.3) is 0 Å². The number of ether oxygens (including phenoxy) is 2. The van der Waals surface area contributed by atoms with Gasteiger partial charge < -0.3 is 20.5 Å². The van der Waals surface area contributed by atoms with Crippen LogP contribution in [0.4, 0.5) is 0 Å². The molecule has 0 bridgehead atoms. The molecule has 3 N–H and O–H groups in total. The molecule has 2 rings (SSSR count). The quantitative estimate of drug-likeness (QED) is 0.528. The van der Waals surface area contributed by atoms with Crippen molar-refractivity contribution < 1.29 is 9.47 Å². The van der Waals surface area contributed by atoms with Crippen molar-refractivity contribution in [2.75, 3.05) is 32.9 Å². The Morgan fingerprint density at radius 3 is 3.00 bits per heavy atom. The summed E-state index contributed by atoms with van der Waals surface area (Å²) in [5.41, 5.74) is 5.77. The minimum atomic E-state index is 0.309. The van der Waals surface area contributed by atoms with Gasteiger partial charge in [0.1, 0.15) is 0 Å². The zero-order valence-corrected chi connectivity index (χ0v) is 9.65. The highest BCUT2D eigenvalue weighted by Gasteiger charge is 2.16. The summed E-state index contributed by atoms with van der Waals surface area (Å²) in [7, 11) is 0. The van der Waals surface area contributed by atoms with Crippen LogP contribution in [-0.4, -0.2) is 45.0 Å². The van der Waals surface area contributed by atoms with Crippen molar-refractivity contribution >= 4 is 5.96 Å². The van der Waals surface area contributed by atoms with E-state index in [9.17, 15) is 0 Å². The topological polar surface area (TPSA) is 68.9 Å². The molecule has 0 aliphatic carbocycles. The summed E-state index contributed by atoms with van der Waals surface area (Å²) in [6.07, 6.45) is 3.69. The molecule has 0 aromatic carbocycles. The number of aliphatic imine (C=N–C) groups is 1. The normalized spacial score (nSPS) is 30.9. The van der Waals surface area contributed by atoms with E-state index in [1.807, 2.05) is 0 Å². The van der Waals surface area contributed by atoms with Gasteiger partial charge in [0.05, 0.1) is 12.7 Å². The van der Waals surface area contributed by atoms with E-state index in [0.717, 1.165) is 52.2 Å². The molecule has 0 aromatic heterocycles. The van der Waals surface area contributed by atoms with Crippen LogP contribution in [0.25, 0.3) is 0 Å². The fourth-order valence-corrected chi connectivity index (χ4v) is 2.03. The zero-order chi connectivity index (χ0) is 11.2. The lowest BCUT2D eigenvalue weighted by atomic mass is 10.1. The van der Waals surface area contributed by atoms with Gasteiger partial charge in [0, 0.05) is 32.2 Å². The van der Waals surface area contributed by atoms with E-state index in [-0.39, 0.29) is 0 Å². The largest absolute Gasteiger partial charge is 0.381 e. The Morgan fingerprint density at radius 2 is 2.31 bits per heavy atom. The Balaban J connectivity index is 1.61. The molecule has 0 amide bonds. The maximum absolute atomic E-state index is 5.77. The highest BCUT2D eigenvalue weighted by Crippen LogP contribution is 2.12. The van der Waals surface area contributed by atoms with Gasteiger partial charge in [-0.3, -0.25) is 4.99 Å². The maximum atomic E-state index is 5.77. The molecular weight excluding hydrogens is 206 g/mol. The number of nitrogens with two attached hydrogens (primary N) is 1. The number of rotatable bonds is 4. The molecule has 5 nitrogen and oxygen atoms in total. The zero-order valence-electron chi connectivity index (χ0n) is 9.65. The van der Waals surface area contributed by atoms with Crippen molar-refractivity contribution in [1.29, 1.82) is 0 Å². The monoisotopic (exact) mass is 227 g/mol. The van der Waals surface area contributed by atoms with Crippen LogP contribution in [0.3, 0.4) is 0 Å². The molecule has 2 atom stereocenters. The van der Waals surface area contributed by atoms with E-state index in [4.69, 9.17) is 15.2 Å². The predicted molar refractivity (Wildman–Crippen MR) is 62.4 cm³/mol. The maximum Gasteiger partial charge on any atom is 0.188 e. The third kappa shape index (κ3) is 3.64. The molecule has 2 saturated heterocycles. The van der Waals surface area contributed by atoms with Crippen molar-refractivity contribution in [3.8, 4) is 0 Å². The van der Waals surface area contributed by atoms with Crippen molar-refractivity contribution in [2.45, 2.75) is 25.4 Å². The van der Waals surface area contributed by atoms with Crippen molar-refractivity contribution in [3.63, 3.8) is 0 Å². The summed E-state index contributed by atoms with van der Waals surface area (Å²) in [4.78, 5) is 4.31. The first kappa shape index (κ1) is 11.7. The first-order chi connectivity index (χ1) is 7.84. The second kappa shape index (κ2) is 6.06. The fraction of sp³-hybridized carbons (Fsp3) is 0.909. The van der Waals surface area contributed by atoms with E-state index < -0.39 is 0 Å². The first-order valence-electron chi connectivity index (χ1n) is 6.08. The Morgan fingerprint density at radius 1 is 1.38 bits per heavy atom. The van der Waals surface area contributed by atoms with E-state index in [1.165, 1.54) is 0 Å². The Bertz CT molecular complexity index is 233. The molecule has 0 radical (unpaired) electrons. The van der Waals surface area contributed by atoms with Crippen LogP contribution in [0.15, 0.2) is 4.99 Å². The Hall–Kier alpha value is -0.810. The predicted octanol–water partition coefficient (Wildman–Crippen LogP) is 0.106. The van der Waals surface area contributed by atoms with Gasteiger partial charge >= 0.3 is 0 Å². The molecule has 2 fully saturated rings. The lowest BCUT2D eigenvalue weighted by Crippen LogP contribution is -2.37. The standard InChI is InChI=1S/C11H21N3O2/c12-11(13-6-9-3-5-15-8-9)14-7-10-2-1-4-16-10/h9-10H,1-8H2,(H3,12,13,14). The van der Waals surface area contributed by atoms with Crippen molar-refractivity contribution in [3.05, 3.63) is 0 Å². The number of guanidine groups is 1. The van der Waals surface area contributed by atoms with Crippen LogP contribution in [0.1, 0.15) is 19.3 Å². The van der Waals surface area contributed by atoms with Gasteiger partial charge in [-0.05, 0) is 19.3 Å². The molecule has 2 heterocycles. The number of hydrogen-bond acceptors (Lipinski definition) is 3. The van der Waals surface area contributed by atoms with E-state index >= 15 is 0 Å². The van der Waals surface area contributed by atoms with Crippen LogP contribution in [0, 0.1) is 5.92 Å². The lowest BCUT2D eigenvalue weighted by Gasteiger charge is -2.11. The smallest absolute Gasteiger partial charge is 0.188 e. The third-order valence-corrected chi connectivity index (χ3v) is 3.08. The highest BCUT2D eigenvalue weighted by atomic mass is 16.5. The molecule has 92 valence electrons. The highest BCUT2D eigenvalue weighted by molar-refractivity contribution is 5.77. The van der Waals surface area contributed by atoms with Crippen LogP contribution < -0.4 is 11.1 Å². The van der Waals surface area contributed by atoms with E-state index in [2.05, 4.69) is 10.3 Å². The molecule has 0 aromatic rings. The second-order valence-electron chi connectivity index (χ2n) is 4.47. The first-order valence-corrected chi connectivity index (χ1v) is 6.08. The van der Waals surface area contributed by atoms with Gasteiger partial charge in [0.15, 0.2) is 5.96 Å². The average Bonchev–Trinajstić information content (AvgIpc) is 2.96. The molecule has 2 aliphatic rings. The van der Waals surface area contributed by atoms with E-state index in [0.29, 0.717) is 18.0 Å². The summed E-state index contributed by atoms with van der Waals surface area (Å²) in [6.45, 7) is 4.11. The second-order valence-corrected chi connectivity index (χ2v) is 4.47. The van der Waals surface area contributed by atoms with Crippen LogP contribution in [0.2, 0.25) is 0 Å². The molecule has 16 heavy (non-hydrogen) atoms. The Kier molecular flexibility index (Phi) is 4.42. The van der Waals surface area contributed by atoms with Gasteiger partial charge in [0.2, 0.25) is 0 Å². The average molecular weight is 227 g/mol. The number of nitrogens with one attached hydrogen (secondary N) is 1. The third-order valence-electron chi connectivity index (χ3n) is 3.08. The number of nitrogens with zero attached hydrogens (tertiary/aromatic N) is 1. The van der Waals surface area contributed by atoms with E-state index in [1.54, 1.807) is 0 Å². The summed E-state index contributed by atoms with van der Waals surface area (Å²) in [6, 6.07) is 0. The van der Waals surface area contributed by atoms with Gasteiger partial charge in [-0.1, -0.05) is 0 Å². The summed E-state index contributed by atoms with van der Waals surface area (Å²) in [5, 5.41) is 3.11. The van der Waals surface area contributed by atoms with Crippen LogP contribution in [0.5, 0.6) is 0 Å². The van der Waals surface area contributed by atoms with Crippen molar-refractivity contribution in [1.82, 2.24) is 5.32 Å². The van der Waals surface area contributed by atoms with Gasteiger partial charge in [-0.15, -0.1) is 0 Å². The van der Waals surface area contributed by atoms with Crippen LogP contribution in [-0.2, 0) is 9.47 Å².